The molecule has 4 unspecified atom stereocenters. The lowest BCUT2D eigenvalue weighted by Crippen LogP contribution is -2.55. The number of hydrogen-bond acceptors (Lipinski definition) is 4. The summed E-state index contributed by atoms with van der Waals surface area (Å²) < 4.78 is 5.87. The quantitative estimate of drug-likeness (QED) is 0.630. The van der Waals surface area contributed by atoms with E-state index >= 15 is 0 Å². The van der Waals surface area contributed by atoms with E-state index in [-0.39, 0.29) is 18.1 Å². The van der Waals surface area contributed by atoms with Crippen molar-refractivity contribution in [1.29, 1.82) is 0 Å². The summed E-state index contributed by atoms with van der Waals surface area (Å²) >= 11 is 0. The van der Waals surface area contributed by atoms with E-state index in [1.165, 1.54) is 13.3 Å². The van der Waals surface area contributed by atoms with Crippen molar-refractivity contribution in [2.75, 3.05) is 13.1 Å². The minimum absolute atomic E-state index is 0.227. The summed E-state index contributed by atoms with van der Waals surface area (Å²) in [5, 5.41) is 1.07. The first-order chi connectivity index (χ1) is 12.2. The maximum absolute atomic E-state index is 11.9. The molecule has 0 amide bonds. The predicted octanol–water partition coefficient (Wildman–Crippen LogP) is 3.74. The molecule has 3 fully saturated rings. The van der Waals surface area contributed by atoms with Crippen LogP contribution in [0.4, 0.5) is 0 Å². The Kier molecular flexibility index (Phi) is 4.30. The zero-order valence-corrected chi connectivity index (χ0v) is 14.6. The van der Waals surface area contributed by atoms with Crippen LogP contribution in [0.5, 0.6) is 0 Å². The molecule has 2 bridgehead atoms. The highest BCUT2D eigenvalue weighted by atomic mass is 16.5. The number of nitrogens with zero attached hydrogens (tertiary/aromatic N) is 2. The van der Waals surface area contributed by atoms with Crippen LogP contribution in [0.3, 0.4) is 0 Å². The summed E-state index contributed by atoms with van der Waals surface area (Å²) in [6.07, 6.45) is 5.91. The minimum atomic E-state index is -0.251. The van der Waals surface area contributed by atoms with Crippen molar-refractivity contribution in [3.8, 4) is 0 Å². The molecule has 0 saturated carbocycles. The molecule has 0 radical (unpaired) electrons. The van der Waals surface area contributed by atoms with Crippen LogP contribution in [-0.2, 0) is 9.53 Å². The van der Waals surface area contributed by atoms with Gasteiger partial charge in [0, 0.05) is 30.6 Å². The Morgan fingerprint density at radius 2 is 2.24 bits per heavy atom. The van der Waals surface area contributed by atoms with Gasteiger partial charge in [0.25, 0.3) is 0 Å². The van der Waals surface area contributed by atoms with Crippen LogP contribution in [0.15, 0.2) is 49.2 Å². The first-order valence-corrected chi connectivity index (χ1v) is 9.05. The van der Waals surface area contributed by atoms with E-state index in [0.29, 0.717) is 11.8 Å². The molecule has 4 nitrogen and oxygen atoms in total. The highest BCUT2D eigenvalue weighted by molar-refractivity contribution is 5.82. The van der Waals surface area contributed by atoms with Gasteiger partial charge in [-0.15, -0.1) is 6.58 Å². The molecule has 3 aliphatic heterocycles. The fourth-order valence-electron chi connectivity index (χ4n) is 4.59. The summed E-state index contributed by atoms with van der Waals surface area (Å²) in [6, 6.07) is 10.3. The molecule has 1 aromatic heterocycles. The van der Waals surface area contributed by atoms with Crippen molar-refractivity contribution in [3.05, 3.63) is 54.7 Å². The number of fused-ring (bicyclic) bond motifs is 4. The Bertz CT molecular complexity index is 798. The van der Waals surface area contributed by atoms with Crippen molar-refractivity contribution in [1.82, 2.24) is 9.88 Å². The molecule has 5 atom stereocenters. The fourth-order valence-corrected chi connectivity index (χ4v) is 4.59. The molecule has 0 spiro atoms. The SMILES string of the molecule is C=CC1CN2CCC1CC2[C@@H](OC(C)=O)c1ccnc2ccccc12. The van der Waals surface area contributed by atoms with Crippen LogP contribution < -0.4 is 0 Å². The lowest BCUT2D eigenvalue weighted by atomic mass is 9.73. The molecule has 130 valence electrons. The Balaban J connectivity index is 1.74. The number of carbonyl (C=O) groups is 1. The van der Waals surface area contributed by atoms with Crippen molar-refractivity contribution in [2.45, 2.75) is 31.9 Å². The van der Waals surface area contributed by atoms with Crippen LogP contribution in [0, 0.1) is 11.8 Å². The molecule has 0 aliphatic carbocycles. The van der Waals surface area contributed by atoms with Gasteiger partial charge in [-0.1, -0.05) is 24.3 Å². The largest absolute Gasteiger partial charge is 0.456 e. The Morgan fingerprint density at radius 3 is 2.96 bits per heavy atom. The second-order valence-corrected chi connectivity index (χ2v) is 7.19. The summed E-state index contributed by atoms with van der Waals surface area (Å²) in [7, 11) is 0. The lowest BCUT2D eigenvalue weighted by Gasteiger charge is -2.51. The lowest BCUT2D eigenvalue weighted by molar-refractivity contribution is -0.154. The monoisotopic (exact) mass is 336 g/mol. The molecule has 3 saturated heterocycles. The molecule has 2 aromatic rings. The van der Waals surface area contributed by atoms with Crippen molar-refractivity contribution in [2.24, 2.45) is 11.8 Å². The predicted molar refractivity (Wildman–Crippen MR) is 98.0 cm³/mol. The van der Waals surface area contributed by atoms with Crippen LogP contribution in [0.25, 0.3) is 10.9 Å². The Morgan fingerprint density at radius 1 is 1.40 bits per heavy atom. The third-order valence-electron chi connectivity index (χ3n) is 5.79. The van der Waals surface area contributed by atoms with Gasteiger partial charge in [0.15, 0.2) is 0 Å². The molecule has 4 heterocycles. The van der Waals surface area contributed by atoms with E-state index in [1.54, 1.807) is 0 Å². The molecule has 1 aromatic carbocycles. The van der Waals surface area contributed by atoms with Gasteiger partial charge in [0.2, 0.25) is 0 Å². The van der Waals surface area contributed by atoms with Gasteiger partial charge in [0.05, 0.1) is 11.6 Å². The van der Waals surface area contributed by atoms with Gasteiger partial charge in [-0.25, -0.2) is 0 Å². The van der Waals surface area contributed by atoms with Crippen molar-refractivity contribution in [3.63, 3.8) is 0 Å². The smallest absolute Gasteiger partial charge is 0.303 e. The van der Waals surface area contributed by atoms with Crippen LogP contribution in [-0.4, -0.2) is 35.0 Å². The number of hydrogen-bond donors (Lipinski definition) is 0. The Labute approximate surface area is 148 Å². The topological polar surface area (TPSA) is 42.4 Å². The highest BCUT2D eigenvalue weighted by Crippen LogP contribution is 2.43. The van der Waals surface area contributed by atoms with E-state index in [9.17, 15) is 4.79 Å². The van der Waals surface area contributed by atoms with Gasteiger partial charge in [-0.3, -0.25) is 14.7 Å². The minimum Gasteiger partial charge on any atom is -0.456 e. The molecule has 25 heavy (non-hydrogen) atoms. The van der Waals surface area contributed by atoms with E-state index in [4.69, 9.17) is 4.74 Å². The number of piperidine rings is 3. The van der Waals surface area contributed by atoms with Crippen LogP contribution >= 0.6 is 0 Å². The van der Waals surface area contributed by atoms with Gasteiger partial charge in [-0.05, 0) is 43.4 Å². The third-order valence-corrected chi connectivity index (χ3v) is 5.79. The number of carbonyl (C=O) groups excluding carboxylic acids is 1. The second-order valence-electron chi connectivity index (χ2n) is 7.19. The number of benzene rings is 1. The highest BCUT2D eigenvalue weighted by Gasteiger charge is 2.44. The van der Waals surface area contributed by atoms with Gasteiger partial charge < -0.3 is 4.74 Å². The maximum Gasteiger partial charge on any atom is 0.303 e. The molecular weight excluding hydrogens is 312 g/mol. The van der Waals surface area contributed by atoms with E-state index in [0.717, 1.165) is 36.0 Å². The number of para-hydroxylation sites is 1. The molecule has 4 heteroatoms. The summed E-state index contributed by atoms with van der Waals surface area (Å²) in [5.41, 5.74) is 2.01. The van der Waals surface area contributed by atoms with Gasteiger partial charge >= 0.3 is 5.97 Å². The summed E-state index contributed by atoms with van der Waals surface area (Å²) in [5.74, 6) is 0.963. The molecule has 0 N–H and O–H groups in total. The zero-order chi connectivity index (χ0) is 17.4. The van der Waals surface area contributed by atoms with Crippen LogP contribution in [0.2, 0.25) is 0 Å². The third kappa shape index (κ3) is 2.95. The molecule has 3 aliphatic rings. The molecular formula is C21H24N2O2. The number of esters is 1. The zero-order valence-electron chi connectivity index (χ0n) is 14.6. The summed E-state index contributed by atoms with van der Waals surface area (Å²) in [4.78, 5) is 18.8. The standard InChI is InChI=1S/C21H24N2O2/c1-3-15-13-23-11-9-16(15)12-20(23)21(25-14(2)24)18-8-10-22-19-7-5-4-6-17(18)19/h3-8,10,15-16,20-21H,1,9,11-13H2,2H3/t15?,16?,20?,21-/m0/s1. The summed E-state index contributed by atoms with van der Waals surface area (Å²) in [6.45, 7) is 7.58. The number of rotatable bonds is 4. The number of pyridine rings is 1. The van der Waals surface area contributed by atoms with E-state index in [1.807, 2.05) is 30.5 Å². The number of aromatic nitrogens is 1. The average molecular weight is 336 g/mol. The van der Waals surface area contributed by atoms with Crippen molar-refractivity contribution < 1.29 is 9.53 Å². The molecule has 5 rings (SSSR count). The Hall–Kier alpha value is -2.20. The van der Waals surface area contributed by atoms with E-state index in [2.05, 4.69) is 28.6 Å². The normalized spacial score (nSPS) is 29.3. The fraction of sp³-hybridized carbons (Fsp3) is 0.429. The van der Waals surface area contributed by atoms with Crippen LogP contribution in [0.1, 0.15) is 31.4 Å². The number of ether oxygens (including phenoxy) is 1. The average Bonchev–Trinajstić information content (AvgIpc) is 2.66. The first-order valence-electron chi connectivity index (χ1n) is 9.05. The maximum atomic E-state index is 11.9. The van der Waals surface area contributed by atoms with Crippen molar-refractivity contribution >= 4 is 16.9 Å². The van der Waals surface area contributed by atoms with Gasteiger partial charge in [0.1, 0.15) is 6.10 Å². The van der Waals surface area contributed by atoms with Gasteiger partial charge in [-0.2, -0.15) is 0 Å². The first kappa shape index (κ1) is 16.3. The van der Waals surface area contributed by atoms with E-state index < -0.39 is 0 Å². The second kappa shape index (κ2) is 6.60.